The van der Waals surface area contributed by atoms with Gasteiger partial charge in [0.2, 0.25) is 0 Å². The Hall–Kier alpha value is -3.55. The molecule has 2 amide bonds. The van der Waals surface area contributed by atoms with Crippen molar-refractivity contribution in [3.8, 4) is 11.5 Å². The van der Waals surface area contributed by atoms with Crippen molar-refractivity contribution in [1.29, 1.82) is 0 Å². The number of nitrogens with one attached hydrogen (secondary N) is 1. The van der Waals surface area contributed by atoms with Gasteiger partial charge in [0.05, 0.1) is 25.0 Å². The number of anilines is 1. The second kappa shape index (κ2) is 8.90. The first kappa shape index (κ1) is 19.2. The molecule has 0 fully saturated rings. The predicted octanol–water partition coefficient (Wildman–Crippen LogP) is 4.82. The summed E-state index contributed by atoms with van der Waals surface area (Å²) < 4.78 is 34.9. The lowest BCUT2D eigenvalue weighted by Gasteiger charge is -2.23. The summed E-state index contributed by atoms with van der Waals surface area (Å²) in [6.45, 7) is -2.82. The molecule has 6 nitrogen and oxygen atoms in total. The molecule has 0 aliphatic heterocycles. The Labute approximate surface area is 160 Å². The van der Waals surface area contributed by atoms with E-state index in [1.54, 1.807) is 36.4 Å². The molecule has 2 aromatic carbocycles. The molecule has 0 aliphatic rings. The molecule has 0 unspecified atom stereocenters. The maximum Gasteiger partial charge on any atom is 0.387 e. The lowest BCUT2D eigenvalue weighted by molar-refractivity contribution is -0.0493. The van der Waals surface area contributed by atoms with Gasteiger partial charge in [0.1, 0.15) is 17.3 Å². The van der Waals surface area contributed by atoms with E-state index < -0.39 is 12.6 Å². The molecule has 1 heterocycles. The number of phenolic OH excluding ortho intramolecular Hbond substituents is 1. The number of aromatic hydroxyl groups is 1. The van der Waals surface area contributed by atoms with Crippen LogP contribution in [0.4, 0.5) is 19.3 Å². The second-order valence-electron chi connectivity index (χ2n) is 5.87. The number of alkyl halides is 2. The largest absolute Gasteiger partial charge is 0.508 e. The van der Waals surface area contributed by atoms with Gasteiger partial charge in [-0.25, -0.2) is 4.79 Å². The van der Waals surface area contributed by atoms with Gasteiger partial charge in [-0.05, 0) is 30.3 Å². The van der Waals surface area contributed by atoms with Crippen LogP contribution in [0.15, 0.2) is 71.3 Å². The molecule has 1 aromatic heterocycles. The van der Waals surface area contributed by atoms with Crippen molar-refractivity contribution in [2.75, 3.05) is 5.32 Å². The van der Waals surface area contributed by atoms with Crippen LogP contribution in [0, 0.1) is 0 Å². The summed E-state index contributed by atoms with van der Waals surface area (Å²) >= 11 is 0. The molecule has 2 N–H and O–H groups in total. The Bertz CT molecular complexity index is 916. The Morgan fingerprint density at radius 2 is 1.82 bits per heavy atom. The summed E-state index contributed by atoms with van der Waals surface area (Å²) in [5, 5.41) is 12.6. The van der Waals surface area contributed by atoms with E-state index in [4.69, 9.17) is 4.42 Å². The maximum absolute atomic E-state index is 12.8. The number of benzene rings is 2. The first-order valence-electron chi connectivity index (χ1n) is 8.42. The Morgan fingerprint density at radius 1 is 1.07 bits per heavy atom. The summed E-state index contributed by atoms with van der Waals surface area (Å²) in [4.78, 5) is 14.2. The summed E-state index contributed by atoms with van der Waals surface area (Å²) in [5.41, 5.74) is 0.635. The maximum atomic E-state index is 12.8. The van der Waals surface area contributed by atoms with E-state index in [2.05, 4.69) is 10.1 Å². The highest BCUT2D eigenvalue weighted by Gasteiger charge is 2.19. The molecule has 28 heavy (non-hydrogen) atoms. The van der Waals surface area contributed by atoms with Crippen LogP contribution in [0.3, 0.4) is 0 Å². The summed E-state index contributed by atoms with van der Waals surface area (Å²) in [6, 6.07) is 15.4. The van der Waals surface area contributed by atoms with Crippen molar-refractivity contribution < 1.29 is 27.8 Å². The number of hydrogen-bond donors (Lipinski definition) is 2. The van der Waals surface area contributed by atoms with Crippen LogP contribution in [-0.4, -0.2) is 22.6 Å². The highest BCUT2D eigenvalue weighted by atomic mass is 19.3. The third-order valence-corrected chi connectivity index (χ3v) is 3.91. The standard InChI is InChI=1S/C20H18F2N2O4/c21-19(22)28-18-10-4-2-8-16(18)23-20(26)24(13-15-7-5-11-27-15)12-14-6-1-3-9-17(14)25/h1-11,19,25H,12-13H2,(H,23,26). The highest BCUT2D eigenvalue weighted by Crippen LogP contribution is 2.27. The molecule has 3 rings (SSSR count). The van der Waals surface area contributed by atoms with Crippen LogP contribution in [0.2, 0.25) is 0 Å². The molecule has 0 saturated heterocycles. The Kier molecular flexibility index (Phi) is 6.11. The second-order valence-corrected chi connectivity index (χ2v) is 5.87. The third-order valence-electron chi connectivity index (χ3n) is 3.91. The van der Waals surface area contributed by atoms with Gasteiger partial charge in [0.15, 0.2) is 0 Å². The Morgan fingerprint density at radius 3 is 2.54 bits per heavy atom. The van der Waals surface area contributed by atoms with Gasteiger partial charge >= 0.3 is 12.6 Å². The topological polar surface area (TPSA) is 74.9 Å². The van der Waals surface area contributed by atoms with Crippen molar-refractivity contribution in [3.05, 3.63) is 78.3 Å². The van der Waals surface area contributed by atoms with E-state index in [-0.39, 0.29) is 30.3 Å². The van der Waals surface area contributed by atoms with Gasteiger partial charge < -0.3 is 24.5 Å². The number of halogens is 2. The molecule has 146 valence electrons. The number of amides is 2. The zero-order valence-electron chi connectivity index (χ0n) is 14.7. The van der Waals surface area contributed by atoms with Crippen LogP contribution < -0.4 is 10.1 Å². The van der Waals surface area contributed by atoms with E-state index in [1.807, 2.05) is 0 Å². The number of ether oxygens (including phenoxy) is 1. The van der Waals surface area contributed by atoms with Gasteiger partial charge in [-0.1, -0.05) is 30.3 Å². The van der Waals surface area contributed by atoms with Crippen LogP contribution >= 0.6 is 0 Å². The molecule has 0 spiro atoms. The highest BCUT2D eigenvalue weighted by molar-refractivity contribution is 5.91. The first-order valence-corrected chi connectivity index (χ1v) is 8.42. The molecule has 0 aliphatic carbocycles. The van der Waals surface area contributed by atoms with Gasteiger partial charge in [-0.15, -0.1) is 0 Å². The molecule has 0 bridgehead atoms. The van der Waals surface area contributed by atoms with Crippen LogP contribution in [0.1, 0.15) is 11.3 Å². The lowest BCUT2D eigenvalue weighted by Crippen LogP contribution is -2.34. The number of carbonyl (C=O) groups is 1. The van der Waals surface area contributed by atoms with Gasteiger partial charge in [-0.2, -0.15) is 8.78 Å². The van der Waals surface area contributed by atoms with E-state index in [0.717, 1.165) is 0 Å². The number of urea groups is 1. The number of para-hydroxylation sites is 3. The minimum atomic E-state index is -3.02. The van der Waals surface area contributed by atoms with Gasteiger partial charge in [0.25, 0.3) is 0 Å². The van der Waals surface area contributed by atoms with Crippen molar-refractivity contribution >= 4 is 11.7 Å². The minimum absolute atomic E-state index is 0.0428. The summed E-state index contributed by atoms with van der Waals surface area (Å²) in [7, 11) is 0. The van der Waals surface area contributed by atoms with E-state index in [0.29, 0.717) is 11.3 Å². The fourth-order valence-electron chi connectivity index (χ4n) is 2.60. The molecular weight excluding hydrogens is 370 g/mol. The zero-order chi connectivity index (χ0) is 19.9. The molecule has 3 aromatic rings. The molecule has 0 atom stereocenters. The quantitative estimate of drug-likeness (QED) is 0.608. The average Bonchev–Trinajstić information content (AvgIpc) is 3.17. The lowest BCUT2D eigenvalue weighted by atomic mass is 10.2. The summed E-state index contributed by atoms with van der Waals surface area (Å²) in [6.07, 6.45) is 1.48. The fraction of sp³-hybridized carbons (Fsp3) is 0.150. The molecule has 0 radical (unpaired) electrons. The smallest absolute Gasteiger partial charge is 0.387 e. The normalized spacial score (nSPS) is 10.7. The van der Waals surface area contributed by atoms with Crippen LogP contribution in [-0.2, 0) is 13.1 Å². The molecule has 0 saturated carbocycles. The van der Waals surface area contributed by atoms with Gasteiger partial charge in [0, 0.05) is 5.56 Å². The predicted molar refractivity (Wildman–Crippen MR) is 98.2 cm³/mol. The van der Waals surface area contributed by atoms with Crippen LogP contribution in [0.5, 0.6) is 11.5 Å². The van der Waals surface area contributed by atoms with Crippen molar-refractivity contribution in [2.45, 2.75) is 19.7 Å². The third kappa shape index (κ3) is 5.00. The number of furan rings is 1. The average molecular weight is 388 g/mol. The monoisotopic (exact) mass is 388 g/mol. The fourth-order valence-corrected chi connectivity index (χ4v) is 2.60. The van der Waals surface area contributed by atoms with Crippen molar-refractivity contribution in [1.82, 2.24) is 4.90 Å². The van der Waals surface area contributed by atoms with Gasteiger partial charge in [-0.3, -0.25) is 0 Å². The number of hydrogen-bond acceptors (Lipinski definition) is 4. The summed E-state index contributed by atoms with van der Waals surface area (Å²) in [5.74, 6) is 0.426. The number of rotatable bonds is 7. The van der Waals surface area contributed by atoms with E-state index >= 15 is 0 Å². The van der Waals surface area contributed by atoms with Crippen molar-refractivity contribution in [3.63, 3.8) is 0 Å². The first-order chi connectivity index (χ1) is 13.5. The minimum Gasteiger partial charge on any atom is -0.508 e. The van der Waals surface area contributed by atoms with E-state index in [1.165, 1.54) is 35.4 Å². The van der Waals surface area contributed by atoms with E-state index in [9.17, 15) is 18.7 Å². The molecule has 8 heteroatoms. The number of nitrogens with zero attached hydrogens (tertiary/aromatic N) is 1. The Balaban J connectivity index is 1.81. The van der Waals surface area contributed by atoms with Crippen LogP contribution in [0.25, 0.3) is 0 Å². The van der Waals surface area contributed by atoms with Crippen molar-refractivity contribution in [2.24, 2.45) is 0 Å². The molecular formula is C20H18F2N2O4. The SMILES string of the molecule is O=C(Nc1ccccc1OC(F)F)N(Cc1ccco1)Cc1ccccc1O. The number of carbonyl (C=O) groups excluding carboxylic acids is 1. The zero-order valence-corrected chi connectivity index (χ0v) is 14.7. The number of phenols is 1.